The largest absolute Gasteiger partial charge is 0.481 e. The summed E-state index contributed by atoms with van der Waals surface area (Å²) < 4.78 is 28.1. The highest BCUT2D eigenvalue weighted by Gasteiger charge is 2.51. The number of hydrogen-bond acceptors (Lipinski definition) is 4. The van der Waals surface area contributed by atoms with E-state index in [0.717, 1.165) is 0 Å². The van der Waals surface area contributed by atoms with Crippen LogP contribution >= 0.6 is 11.6 Å². The van der Waals surface area contributed by atoms with E-state index in [4.69, 9.17) is 26.4 Å². The molecule has 0 aliphatic rings. The van der Waals surface area contributed by atoms with Crippen molar-refractivity contribution in [2.45, 2.75) is 24.0 Å². The van der Waals surface area contributed by atoms with Crippen LogP contribution < -0.4 is 0 Å². The van der Waals surface area contributed by atoms with Crippen molar-refractivity contribution < 1.29 is 32.8 Å². The molecular weight excluding hydrogens is 264 g/mol. The number of alkyl halides is 1. The van der Waals surface area contributed by atoms with Crippen molar-refractivity contribution in [3.63, 3.8) is 0 Å². The van der Waals surface area contributed by atoms with E-state index >= 15 is 0 Å². The third-order valence-corrected chi connectivity index (χ3v) is 3.81. The van der Waals surface area contributed by atoms with Crippen molar-refractivity contribution in [1.82, 2.24) is 0 Å². The molecule has 0 spiro atoms. The van der Waals surface area contributed by atoms with Gasteiger partial charge in [0.1, 0.15) is 0 Å². The van der Waals surface area contributed by atoms with E-state index in [-0.39, 0.29) is 12.3 Å². The Morgan fingerprint density at radius 1 is 1.25 bits per heavy atom. The fourth-order valence-corrected chi connectivity index (χ4v) is 2.26. The lowest BCUT2D eigenvalue weighted by Gasteiger charge is -2.23. The van der Waals surface area contributed by atoms with Crippen molar-refractivity contribution in [2.75, 3.05) is 5.88 Å². The van der Waals surface area contributed by atoms with Crippen LogP contribution in [0.2, 0.25) is 0 Å². The Hall–Kier alpha value is -0.860. The number of carboxylic acids is 2. The van der Waals surface area contributed by atoms with Gasteiger partial charge in [-0.1, -0.05) is 0 Å². The molecule has 0 amide bonds. The first-order chi connectivity index (χ1) is 7.17. The summed E-state index contributed by atoms with van der Waals surface area (Å²) in [6, 6.07) is 0. The molecule has 0 heterocycles. The minimum Gasteiger partial charge on any atom is -0.481 e. The quantitative estimate of drug-likeness (QED) is 0.446. The van der Waals surface area contributed by atoms with Gasteiger partial charge < -0.3 is 10.2 Å². The molecule has 0 saturated heterocycles. The highest BCUT2D eigenvalue weighted by atomic mass is 35.5. The summed E-state index contributed by atoms with van der Waals surface area (Å²) in [5, 5.41) is 17.3. The molecule has 94 valence electrons. The smallest absolute Gasteiger partial charge is 0.328 e. The van der Waals surface area contributed by atoms with Crippen LogP contribution in [0.25, 0.3) is 0 Å². The molecule has 0 fully saturated rings. The maximum Gasteiger partial charge on any atom is 0.328 e. The Balaban J connectivity index is 5.40. The summed E-state index contributed by atoms with van der Waals surface area (Å²) in [5.41, 5.74) is 0. The maximum atomic E-state index is 11.0. The molecule has 3 N–H and O–H groups in total. The van der Waals surface area contributed by atoms with Crippen molar-refractivity contribution in [3.8, 4) is 0 Å². The van der Waals surface area contributed by atoms with E-state index < -0.39 is 39.6 Å². The SMILES string of the molecule is O=C(O)CC(CCCCl)(C(=O)O)S(=O)(=O)O. The van der Waals surface area contributed by atoms with Gasteiger partial charge in [-0.15, -0.1) is 11.6 Å². The molecule has 0 aliphatic carbocycles. The molecule has 1 unspecified atom stereocenters. The van der Waals surface area contributed by atoms with Gasteiger partial charge in [0.05, 0.1) is 6.42 Å². The van der Waals surface area contributed by atoms with Crippen LogP contribution in [0.1, 0.15) is 19.3 Å². The zero-order valence-electron chi connectivity index (χ0n) is 8.09. The van der Waals surface area contributed by atoms with Gasteiger partial charge in [-0.25, -0.2) is 0 Å². The third-order valence-electron chi connectivity index (χ3n) is 2.03. The van der Waals surface area contributed by atoms with Gasteiger partial charge in [-0.2, -0.15) is 8.42 Å². The molecule has 0 bridgehead atoms. The second-order valence-electron chi connectivity index (χ2n) is 3.14. The zero-order valence-corrected chi connectivity index (χ0v) is 9.66. The van der Waals surface area contributed by atoms with Crippen LogP contribution in [0.15, 0.2) is 0 Å². The van der Waals surface area contributed by atoms with Gasteiger partial charge in [0.2, 0.25) is 4.75 Å². The summed E-state index contributed by atoms with van der Waals surface area (Å²) in [5.74, 6) is -3.57. The summed E-state index contributed by atoms with van der Waals surface area (Å²) in [4.78, 5) is 21.3. The van der Waals surface area contributed by atoms with Gasteiger partial charge in [-0.05, 0) is 12.8 Å². The van der Waals surface area contributed by atoms with E-state index in [0.29, 0.717) is 0 Å². The van der Waals surface area contributed by atoms with Crippen molar-refractivity contribution in [2.24, 2.45) is 0 Å². The summed E-state index contributed by atoms with van der Waals surface area (Å²) in [6.07, 6.45) is -1.81. The van der Waals surface area contributed by atoms with Gasteiger partial charge in [0.25, 0.3) is 10.1 Å². The van der Waals surface area contributed by atoms with Gasteiger partial charge in [0.15, 0.2) is 0 Å². The molecular formula is C7H11ClO7S. The van der Waals surface area contributed by atoms with Crippen molar-refractivity contribution >= 4 is 33.7 Å². The number of rotatable bonds is 7. The standard InChI is InChI=1S/C7H11ClO7S/c8-3-1-2-7(6(11)12,4-5(9)10)16(13,14)15/h1-4H2,(H,9,10)(H,11,12)(H,13,14,15). The number of carbonyl (C=O) groups is 2. The van der Waals surface area contributed by atoms with Crippen LogP contribution in [-0.2, 0) is 19.7 Å². The predicted molar refractivity (Wildman–Crippen MR) is 54.1 cm³/mol. The topological polar surface area (TPSA) is 129 Å². The number of carboxylic acid groups (broad SMARTS) is 2. The molecule has 0 aromatic carbocycles. The van der Waals surface area contributed by atoms with Crippen molar-refractivity contribution in [3.05, 3.63) is 0 Å². The molecule has 9 heteroatoms. The molecule has 16 heavy (non-hydrogen) atoms. The normalized spacial score (nSPS) is 15.4. The molecule has 0 radical (unpaired) electrons. The van der Waals surface area contributed by atoms with E-state index in [1.807, 2.05) is 0 Å². The molecule has 0 rings (SSSR count). The van der Waals surface area contributed by atoms with E-state index in [2.05, 4.69) is 0 Å². The molecule has 0 aromatic heterocycles. The van der Waals surface area contributed by atoms with Crippen LogP contribution in [0.4, 0.5) is 0 Å². The highest BCUT2D eigenvalue weighted by molar-refractivity contribution is 7.88. The van der Waals surface area contributed by atoms with E-state index in [9.17, 15) is 18.0 Å². The lowest BCUT2D eigenvalue weighted by Crippen LogP contribution is -2.48. The molecule has 7 nitrogen and oxygen atoms in total. The minimum absolute atomic E-state index is 0.0375. The van der Waals surface area contributed by atoms with Gasteiger partial charge in [0, 0.05) is 5.88 Å². The van der Waals surface area contributed by atoms with Gasteiger partial charge in [-0.3, -0.25) is 14.1 Å². The van der Waals surface area contributed by atoms with Crippen LogP contribution in [-0.4, -0.2) is 45.7 Å². The predicted octanol–water partition coefficient (Wildman–Crippen LogP) is 0.191. The lowest BCUT2D eigenvalue weighted by atomic mass is 9.99. The second-order valence-corrected chi connectivity index (χ2v) is 5.25. The number of aliphatic carboxylic acids is 2. The Labute approximate surface area is 96.8 Å². The van der Waals surface area contributed by atoms with E-state index in [1.165, 1.54) is 0 Å². The first kappa shape index (κ1) is 15.1. The first-order valence-electron chi connectivity index (χ1n) is 4.15. The molecule has 0 aromatic rings. The number of halogens is 1. The number of hydrogen-bond donors (Lipinski definition) is 3. The summed E-state index contributed by atoms with van der Waals surface area (Å²) >= 11 is 5.28. The zero-order chi connectivity index (χ0) is 13.0. The first-order valence-corrected chi connectivity index (χ1v) is 6.13. The van der Waals surface area contributed by atoms with E-state index in [1.54, 1.807) is 0 Å². The third kappa shape index (κ3) is 3.32. The Kier molecular flexibility index (Phi) is 5.17. The van der Waals surface area contributed by atoms with Crippen LogP contribution in [0.5, 0.6) is 0 Å². The van der Waals surface area contributed by atoms with Crippen LogP contribution in [0.3, 0.4) is 0 Å². The highest BCUT2D eigenvalue weighted by Crippen LogP contribution is 2.28. The maximum absolute atomic E-state index is 11.0. The minimum atomic E-state index is -5.03. The molecule has 1 atom stereocenters. The lowest BCUT2D eigenvalue weighted by molar-refractivity contribution is -0.147. The monoisotopic (exact) mass is 274 g/mol. The fourth-order valence-electron chi connectivity index (χ4n) is 1.20. The average Bonchev–Trinajstić information content (AvgIpc) is 2.09. The molecule has 0 aliphatic heterocycles. The molecule has 0 saturated carbocycles. The fraction of sp³-hybridized carbons (Fsp3) is 0.714. The van der Waals surface area contributed by atoms with Crippen molar-refractivity contribution in [1.29, 1.82) is 0 Å². The Bertz CT molecular complexity index is 376. The van der Waals surface area contributed by atoms with Gasteiger partial charge >= 0.3 is 11.9 Å². The van der Waals surface area contributed by atoms with Crippen LogP contribution in [0, 0.1) is 0 Å². The Morgan fingerprint density at radius 2 is 1.75 bits per heavy atom. The second kappa shape index (κ2) is 5.46. The Morgan fingerprint density at radius 3 is 2.00 bits per heavy atom. The summed E-state index contributed by atoms with van der Waals surface area (Å²) in [6.45, 7) is 0. The summed E-state index contributed by atoms with van der Waals surface area (Å²) in [7, 11) is -5.03. The average molecular weight is 275 g/mol.